The minimum Gasteiger partial charge on any atom is -0.383 e. The van der Waals surface area contributed by atoms with E-state index < -0.39 is 91.0 Å². The first-order valence-electron chi connectivity index (χ1n) is 21.6. The van der Waals surface area contributed by atoms with Crippen LogP contribution in [0.3, 0.4) is 0 Å². The largest absolute Gasteiger partial charge is 0.383 e. The van der Waals surface area contributed by atoms with Crippen molar-refractivity contribution < 1.29 is 80.6 Å². The van der Waals surface area contributed by atoms with E-state index in [-0.39, 0.29) is 76.2 Å². The Hall–Kier alpha value is -4.83. The van der Waals surface area contributed by atoms with Crippen molar-refractivity contribution in [2.24, 2.45) is 0 Å². The molecule has 0 radical (unpaired) electrons. The number of ether oxygens (including phenoxy) is 2. The zero-order valence-corrected chi connectivity index (χ0v) is 41.6. The molecule has 1 saturated heterocycles. The van der Waals surface area contributed by atoms with Crippen molar-refractivity contribution in [2.75, 3.05) is 61.3 Å². The van der Waals surface area contributed by atoms with Gasteiger partial charge in [-0.15, -0.1) is 5.06 Å². The minimum atomic E-state index is -4.69. The second-order valence-corrected chi connectivity index (χ2v) is 23.3. The van der Waals surface area contributed by atoms with Gasteiger partial charge in [-0.2, -0.15) is 33.7 Å². The molecule has 4 N–H and O–H groups in total. The van der Waals surface area contributed by atoms with Crippen LogP contribution in [0.25, 0.3) is 0 Å². The molecule has 2 aromatic carbocycles. The number of hydroxylamine groups is 2. The molecule has 2 amide bonds. The summed E-state index contributed by atoms with van der Waals surface area (Å²) in [4.78, 5) is 44.0. The number of anilines is 2. The molecule has 21 nitrogen and oxygen atoms in total. The van der Waals surface area contributed by atoms with Crippen molar-refractivity contribution in [2.45, 2.75) is 91.9 Å². The number of imide groups is 1. The lowest BCUT2D eigenvalue weighted by Gasteiger charge is -2.45. The molecule has 25 heteroatoms. The van der Waals surface area contributed by atoms with Gasteiger partial charge in [0.1, 0.15) is 0 Å². The molecule has 5 rings (SSSR count). The number of nitrogens with zero attached hydrogens (tertiary/aromatic N) is 3. The molecule has 0 spiro atoms. The predicted molar refractivity (Wildman–Crippen MR) is 252 cm³/mol. The number of rotatable bonds is 24. The normalized spacial score (nSPS) is 22.8. The molecule has 3 heterocycles. The number of fused-ring (bicyclic) bond motifs is 2. The molecule has 0 saturated carbocycles. The lowest BCUT2D eigenvalue weighted by Crippen LogP contribution is -2.54. The summed E-state index contributed by atoms with van der Waals surface area (Å²) in [6.45, 7) is 6.01. The highest BCUT2D eigenvalue weighted by Gasteiger charge is 2.55. The molecule has 0 aromatic heterocycles. The number of carbonyl (C=O) groups is 3. The van der Waals surface area contributed by atoms with Crippen LogP contribution in [0.15, 0.2) is 94.4 Å². The zero-order valence-electron chi connectivity index (χ0n) is 38.4. The van der Waals surface area contributed by atoms with Crippen molar-refractivity contribution in [3.05, 3.63) is 95.8 Å². The maximum absolute atomic E-state index is 12.4. The molecular weight excluding hydrogens is 987 g/mol. The lowest BCUT2D eigenvalue weighted by molar-refractivity contribution is -0.198. The summed E-state index contributed by atoms with van der Waals surface area (Å²) < 4.78 is 146. The second-order valence-electron chi connectivity index (χ2n) is 17.3. The number of hydrogen-bond donors (Lipinski definition) is 4. The van der Waals surface area contributed by atoms with E-state index in [9.17, 15) is 66.3 Å². The minimum absolute atomic E-state index is 0.0123. The number of carbonyl (C=O) groups excluding carboxylic acids is 3. The Morgan fingerprint density at radius 2 is 1.25 bits per heavy atom. The first-order chi connectivity index (χ1) is 32.1. The van der Waals surface area contributed by atoms with Crippen molar-refractivity contribution in [3.8, 4) is 0 Å². The summed E-state index contributed by atoms with van der Waals surface area (Å²) in [5.41, 5.74) is -0.442. The summed E-state index contributed by atoms with van der Waals surface area (Å²) in [7, 11) is -16.5. The number of allylic oxidation sites excluding steroid dienone is 7. The molecule has 3 aliphatic rings. The van der Waals surface area contributed by atoms with Crippen LogP contribution in [0.5, 0.6) is 0 Å². The van der Waals surface area contributed by atoms with Gasteiger partial charge in [0.2, 0.25) is 0 Å². The van der Waals surface area contributed by atoms with Gasteiger partial charge in [-0.3, -0.25) is 27.8 Å². The Labute approximate surface area is 402 Å². The van der Waals surface area contributed by atoms with Crippen LogP contribution in [0, 0.1) is 0 Å². The van der Waals surface area contributed by atoms with Gasteiger partial charge in [-0.05, 0) is 93.1 Å². The number of benzene rings is 2. The van der Waals surface area contributed by atoms with E-state index in [4.69, 9.17) is 14.3 Å². The second kappa shape index (κ2) is 21.7. The molecule has 3 unspecified atom stereocenters. The van der Waals surface area contributed by atoms with Crippen LogP contribution in [0.4, 0.5) is 11.4 Å². The molecule has 2 aromatic rings. The topological polar surface area (TPSA) is 306 Å². The monoisotopic (exact) mass is 1040 g/mol. The summed E-state index contributed by atoms with van der Waals surface area (Å²) in [6.07, 6.45) is 11.9. The lowest BCUT2D eigenvalue weighted by atomic mass is 9.67. The molecule has 3 atom stereocenters. The smallest absolute Gasteiger partial charge is 0.335 e. The van der Waals surface area contributed by atoms with E-state index in [1.807, 2.05) is 24.8 Å². The van der Waals surface area contributed by atoms with Crippen LogP contribution < -0.4 is 9.80 Å². The first kappa shape index (κ1) is 55.1. The number of amides is 2. The van der Waals surface area contributed by atoms with E-state index in [1.54, 1.807) is 54.3 Å². The summed E-state index contributed by atoms with van der Waals surface area (Å²) in [5, 5.41) is 0.429. The Balaban J connectivity index is 1.45. The van der Waals surface area contributed by atoms with Gasteiger partial charge >= 0.3 is 5.97 Å². The molecule has 0 aliphatic carbocycles. The Kier molecular flexibility index (Phi) is 17.3. The molecule has 380 valence electrons. The SMILES string of the molecule is COCCN1c2ccc(S(=O)(=O)O)cc2C(C)(CCCS(=O)(=O)O)C1(C)/C=C/C=C/C=C/C=C1/N(CCOCCC(=O)ON2C(=O)CCC2=O)c2ccc(S(=O)(=O)O)cc2C1(C)CCCS(=O)(=O)O. The van der Waals surface area contributed by atoms with E-state index in [2.05, 4.69) is 0 Å². The quantitative estimate of drug-likeness (QED) is 0.0492. The van der Waals surface area contributed by atoms with E-state index >= 15 is 0 Å². The molecule has 0 bridgehead atoms. The Morgan fingerprint density at radius 1 is 0.696 bits per heavy atom. The zero-order chi connectivity index (χ0) is 51.2. The van der Waals surface area contributed by atoms with Gasteiger partial charge in [0, 0.05) is 60.9 Å². The van der Waals surface area contributed by atoms with Gasteiger partial charge in [-0.25, -0.2) is 4.79 Å². The van der Waals surface area contributed by atoms with Crippen LogP contribution in [-0.2, 0) is 80.0 Å². The van der Waals surface area contributed by atoms with Crippen molar-refractivity contribution >= 4 is 69.6 Å². The highest BCUT2D eigenvalue weighted by molar-refractivity contribution is 7.86. The van der Waals surface area contributed by atoms with Crippen molar-refractivity contribution in [3.63, 3.8) is 0 Å². The molecule has 69 heavy (non-hydrogen) atoms. The maximum atomic E-state index is 12.4. The number of hydrogen-bond acceptors (Lipinski definition) is 16. The average Bonchev–Trinajstić information content (AvgIpc) is 3.74. The highest BCUT2D eigenvalue weighted by Crippen LogP contribution is 2.55. The van der Waals surface area contributed by atoms with Crippen LogP contribution in [0.2, 0.25) is 0 Å². The van der Waals surface area contributed by atoms with Gasteiger partial charge < -0.3 is 24.1 Å². The third-order valence-corrected chi connectivity index (χ3v) is 16.0. The van der Waals surface area contributed by atoms with Crippen LogP contribution >= 0.6 is 0 Å². The van der Waals surface area contributed by atoms with Gasteiger partial charge in [-0.1, -0.05) is 43.4 Å². The standard InChI is InChI=1S/C44H57N3O18S4/c1-42(20-10-28-66(51,52)53)34-30-32(68(57,58)59)13-15-36(34)45(23-27-64-25-19-41(50)65-47-39(48)17-18-40(47)49)38(42)12-8-6-5-7-9-22-44(3)43(2,21-11-29-67(54,55)56)35-31-33(69(60,61)62)14-16-37(35)46(44)24-26-63-4/h5-9,12-16,22,30-31H,10-11,17-21,23-29H2,1-4H3,(H,51,52,53)(H,54,55,56)(H,57,58,59)(H,60,61,62)/b7-5+,8-6+,22-9+,38-12+. The van der Waals surface area contributed by atoms with Gasteiger partial charge in [0.05, 0.1) is 53.1 Å². The van der Waals surface area contributed by atoms with E-state index in [0.29, 0.717) is 39.8 Å². The van der Waals surface area contributed by atoms with Crippen molar-refractivity contribution in [1.29, 1.82) is 0 Å². The fourth-order valence-electron chi connectivity index (χ4n) is 9.08. The van der Waals surface area contributed by atoms with Gasteiger partial charge in [0.25, 0.3) is 52.3 Å². The Bertz CT molecular complexity index is 2870. The molecule has 3 aliphatic heterocycles. The highest BCUT2D eigenvalue weighted by atomic mass is 32.2. The van der Waals surface area contributed by atoms with Crippen molar-refractivity contribution in [1.82, 2.24) is 5.06 Å². The van der Waals surface area contributed by atoms with Crippen LogP contribution in [-0.4, -0.2) is 132 Å². The summed E-state index contributed by atoms with van der Waals surface area (Å²) >= 11 is 0. The predicted octanol–water partition coefficient (Wildman–Crippen LogP) is 4.34. The van der Waals surface area contributed by atoms with E-state index in [1.165, 1.54) is 37.4 Å². The van der Waals surface area contributed by atoms with Gasteiger partial charge in [0.15, 0.2) is 0 Å². The third-order valence-electron chi connectivity index (χ3n) is 12.7. The summed E-state index contributed by atoms with van der Waals surface area (Å²) in [5.74, 6) is -3.28. The van der Waals surface area contributed by atoms with Crippen LogP contribution in [0.1, 0.15) is 76.8 Å². The molecule has 1 fully saturated rings. The fraction of sp³-hybridized carbons (Fsp3) is 0.477. The first-order valence-corrected chi connectivity index (χ1v) is 27.7. The van der Waals surface area contributed by atoms with E-state index in [0.717, 1.165) is 0 Å². The number of methoxy groups -OCH3 is 1. The Morgan fingerprint density at radius 3 is 1.83 bits per heavy atom. The average molecular weight is 1040 g/mol. The summed E-state index contributed by atoms with van der Waals surface area (Å²) in [6, 6.07) is 8.18. The third kappa shape index (κ3) is 13.1. The maximum Gasteiger partial charge on any atom is 0.335 e. The molecular formula is C44H57N3O18S4. The fourth-order valence-corrected chi connectivity index (χ4v) is 11.1.